The van der Waals surface area contributed by atoms with E-state index in [0.717, 1.165) is 19.3 Å². The Bertz CT molecular complexity index is 771. The van der Waals surface area contributed by atoms with Crippen molar-refractivity contribution < 1.29 is 11.6 Å². The third-order valence-electron chi connectivity index (χ3n) is 5.13. The van der Waals surface area contributed by atoms with Crippen LogP contribution in [0.2, 0.25) is 0 Å². The highest BCUT2D eigenvalue weighted by Crippen LogP contribution is 2.60. The van der Waals surface area contributed by atoms with E-state index in [1.54, 1.807) is 0 Å². The van der Waals surface area contributed by atoms with Crippen molar-refractivity contribution in [2.75, 3.05) is 0 Å². The lowest BCUT2D eigenvalue weighted by Gasteiger charge is -2.42. The van der Waals surface area contributed by atoms with Crippen molar-refractivity contribution in [2.24, 2.45) is 11.3 Å². The van der Waals surface area contributed by atoms with Gasteiger partial charge < -0.3 is 0 Å². The van der Waals surface area contributed by atoms with Gasteiger partial charge in [-0.15, -0.1) is 0 Å². The second kappa shape index (κ2) is 4.06. The number of hydrogen-bond donors (Lipinski definition) is 0. The fourth-order valence-electron chi connectivity index (χ4n) is 4.33. The molecule has 3 aliphatic carbocycles. The maximum Gasteiger partial charge on any atom is 0.170 e. The van der Waals surface area contributed by atoms with E-state index in [0.29, 0.717) is 18.4 Å². The third kappa shape index (κ3) is 1.39. The van der Waals surface area contributed by atoms with Gasteiger partial charge in [-0.3, -0.25) is 4.79 Å². The molecule has 1 unspecified atom stereocenters. The first-order valence-electron chi connectivity index (χ1n) is 9.73. The number of carbonyl (C=O) groups excluding carboxylic acids is 1. The SMILES string of the molecule is [2H]c1c([2H])c([2H])c2c(c1[2H])C(=O)[C@@]1(C3C=CC[C@@H]3[2H])CCCC[C@@H]21. The van der Waals surface area contributed by atoms with Crippen LogP contribution in [0.1, 0.15) is 67.2 Å². The highest BCUT2D eigenvalue weighted by molar-refractivity contribution is 6.06. The number of Topliss-reactive ketones (excluding diaryl/α,β-unsaturated/α-hetero) is 1. The molecule has 1 nitrogen and oxygen atoms in total. The van der Waals surface area contributed by atoms with Crippen molar-refractivity contribution in [3.63, 3.8) is 0 Å². The molecule has 1 aromatic carbocycles. The molecular formula is C18H20O. The van der Waals surface area contributed by atoms with Gasteiger partial charge in [-0.05, 0) is 43.1 Å². The highest BCUT2D eigenvalue weighted by atomic mass is 16.1. The summed E-state index contributed by atoms with van der Waals surface area (Å²) in [5.74, 6) is -0.525. The predicted molar refractivity (Wildman–Crippen MR) is 76.3 cm³/mol. The Kier molecular flexibility index (Phi) is 1.59. The van der Waals surface area contributed by atoms with Gasteiger partial charge in [0.15, 0.2) is 5.78 Å². The van der Waals surface area contributed by atoms with Crippen LogP contribution in [-0.4, -0.2) is 5.78 Å². The second-order valence-corrected chi connectivity index (χ2v) is 5.88. The van der Waals surface area contributed by atoms with Gasteiger partial charge in [0.1, 0.15) is 0 Å². The van der Waals surface area contributed by atoms with Gasteiger partial charge in [0.2, 0.25) is 0 Å². The van der Waals surface area contributed by atoms with Gasteiger partial charge in [-0.2, -0.15) is 0 Å². The van der Waals surface area contributed by atoms with Crippen LogP contribution in [0.15, 0.2) is 36.3 Å². The zero-order valence-corrected chi connectivity index (χ0v) is 10.8. The van der Waals surface area contributed by atoms with Crippen molar-refractivity contribution in [3.05, 3.63) is 47.4 Å². The van der Waals surface area contributed by atoms with Gasteiger partial charge in [0, 0.05) is 12.3 Å². The quantitative estimate of drug-likeness (QED) is 0.677. The molecule has 1 aromatic rings. The minimum absolute atomic E-state index is 0.0587. The fraction of sp³-hybridized carbons (Fsp3) is 0.500. The Labute approximate surface area is 121 Å². The summed E-state index contributed by atoms with van der Waals surface area (Å²) in [6.45, 7) is 0. The van der Waals surface area contributed by atoms with E-state index in [2.05, 4.69) is 0 Å². The molecule has 0 heterocycles. The lowest BCUT2D eigenvalue weighted by atomic mass is 9.59. The van der Waals surface area contributed by atoms with E-state index < -0.39 is 5.41 Å². The van der Waals surface area contributed by atoms with Gasteiger partial charge in [-0.25, -0.2) is 0 Å². The van der Waals surface area contributed by atoms with Crippen LogP contribution in [0.25, 0.3) is 0 Å². The minimum atomic E-state index is -0.744. The van der Waals surface area contributed by atoms with E-state index in [4.69, 9.17) is 6.85 Å². The normalized spacial score (nSPS) is 43.9. The second-order valence-electron chi connectivity index (χ2n) is 5.88. The molecule has 4 atom stereocenters. The monoisotopic (exact) mass is 257 g/mol. The van der Waals surface area contributed by atoms with Crippen LogP contribution in [0.5, 0.6) is 0 Å². The average Bonchev–Trinajstić information content (AvgIpc) is 3.12. The highest BCUT2D eigenvalue weighted by Gasteiger charge is 2.56. The topological polar surface area (TPSA) is 17.1 Å². The summed E-state index contributed by atoms with van der Waals surface area (Å²) in [4.78, 5) is 13.5. The first-order valence-corrected chi connectivity index (χ1v) is 7.15. The van der Waals surface area contributed by atoms with Crippen molar-refractivity contribution >= 4 is 5.78 Å². The summed E-state index contributed by atoms with van der Waals surface area (Å²) in [6.07, 6.45) is 7.53. The summed E-state index contributed by atoms with van der Waals surface area (Å²) in [5, 5.41) is 0. The van der Waals surface area contributed by atoms with Crippen LogP contribution in [0.4, 0.5) is 0 Å². The summed E-state index contributed by atoms with van der Waals surface area (Å²) >= 11 is 0. The third-order valence-corrected chi connectivity index (χ3v) is 5.13. The van der Waals surface area contributed by atoms with E-state index >= 15 is 0 Å². The maximum absolute atomic E-state index is 13.5. The number of fused-ring (bicyclic) bond motifs is 3. The average molecular weight is 257 g/mol. The maximum atomic E-state index is 13.5. The first-order chi connectivity index (χ1) is 11.4. The molecule has 0 bridgehead atoms. The summed E-state index contributed by atoms with van der Waals surface area (Å²) in [7, 11) is 0. The van der Waals surface area contributed by atoms with E-state index in [9.17, 15) is 4.79 Å². The molecule has 19 heavy (non-hydrogen) atoms. The number of ketones is 1. The van der Waals surface area contributed by atoms with Crippen molar-refractivity contribution in [1.82, 2.24) is 0 Å². The Morgan fingerprint density at radius 2 is 2.21 bits per heavy atom. The molecule has 98 valence electrons. The molecule has 0 N–H and O–H groups in total. The predicted octanol–water partition coefficient (Wildman–Crippen LogP) is 4.49. The molecule has 0 amide bonds. The van der Waals surface area contributed by atoms with Crippen LogP contribution >= 0.6 is 0 Å². The number of hydrogen-bond acceptors (Lipinski definition) is 1. The number of allylic oxidation sites excluding steroid dienone is 2. The number of rotatable bonds is 1. The lowest BCUT2D eigenvalue weighted by molar-refractivity contribution is 0.0578. The molecular weight excluding hydrogens is 232 g/mol. The van der Waals surface area contributed by atoms with Crippen LogP contribution < -0.4 is 0 Å². The zero-order chi connectivity index (χ0) is 17.2. The molecule has 3 aliphatic rings. The molecule has 0 saturated heterocycles. The summed E-state index contributed by atoms with van der Waals surface area (Å²) < 4.78 is 40.8. The zero-order valence-electron chi connectivity index (χ0n) is 15.8. The lowest BCUT2D eigenvalue weighted by Crippen LogP contribution is -2.40. The van der Waals surface area contributed by atoms with E-state index in [-0.39, 0.29) is 53.7 Å². The number of benzene rings is 1. The summed E-state index contributed by atoms with van der Waals surface area (Å²) in [6, 6.07) is -0.840. The molecule has 1 saturated carbocycles. The number of carbonyl (C=O) groups is 1. The standard InChI is InChI=1S/C18H20O/c19-17-15-10-4-3-9-14(15)16-11-5-6-12-18(16,17)13-7-1-2-8-13/h1,3-4,7,9-10,13,16H,2,5-6,8,11-12H2/t13?,16-,18+/m0/s1/i3D,4D,8D,9D,10D/t8-,13?,16-,18+. The Morgan fingerprint density at radius 1 is 1.32 bits per heavy atom. The minimum Gasteiger partial charge on any atom is -0.293 e. The van der Waals surface area contributed by atoms with Gasteiger partial charge >= 0.3 is 0 Å². The van der Waals surface area contributed by atoms with E-state index in [1.807, 2.05) is 12.2 Å². The van der Waals surface area contributed by atoms with Gasteiger partial charge in [0.05, 0.1) is 5.48 Å². The van der Waals surface area contributed by atoms with Crippen LogP contribution in [-0.2, 0) is 0 Å². The van der Waals surface area contributed by atoms with Crippen LogP contribution in [0.3, 0.4) is 0 Å². The molecule has 0 radical (unpaired) electrons. The molecule has 0 aromatic heterocycles. The Balaban J connectivity index is 1.99. The van der Waals surface area contributed by atoms with E-state index in [1.165, 1.54) is 0 Å². The van der Waals surface area contributed by atoms with Crippen molar-refractivity contribution in [1.29, 1.82) is 0 Å². The Morgan fingerprint density at radius 3 is 3.05 bits per heavy atom. The molecule has 0 spiro atoms. The fourth-order valence-corrected chi connectivity index (χ4v) is 4.33. The summed E-state index contributed by atoms with van der Waals surface area (Å²) in [5.41, 5.74) is -0.0372. The molecule has 4 rings (SSSR count). The van der Waals surface area contributed by atoms with Crippen molar-refractivity contribution in [3.8, 4) is 0 Å². The van der Waals surface area contributed by atoms with Crippen LogP contribution in [0, 0.1) is 11.3 Å². The van der Waals surface area contributed by atoms with Gasteiger partial charge in [0.25, 0.3) is 0 Å². The smallest absolute Gasteiger partial charge is 0.170 e. The Hall–Kier alpha value is -1.37. The molecule has 0 aliphatic heterocycles. The first kappa shape index (κ1) is 7.42. The largest absolute Gasteiger partial charge is 0.293 e. The van der Waals surface area contributed by atoms with Crippen molar-refractivity contribution in [2.45, 2.75) is 44.4 Å². The molecule has 1 heteroatoms. The molecule has 1 fully saturated rings. The van der Waals surface area contributed by atoms with Gasteiger partial charge in [-0.1, -0.05) is 49.2 Å².